The lowest BCUT2D eigenvalue weighted by molar-refractivity contribution is -0.117. The normalized spacial score (nSPS) is 11.0. The van der Waals surface area contributed by atoms with E-state index in [2.05, 4.69) is 10.6 Å². The van der Waals surface area contributed by atoms with E-state index in [1.807, 2.05) is 47.8 Å². The SMILES string of the molecule is COc1ccc(CNC(=O)/C(=C/c2cccs2)NC(=O)c2ccccc2)cc1. The van der Waals surface area contributed by atoms with Crippen molar-refractivity contribution in [2.24, 2.45) is 0 Å². The Morgan fingerprint density at radius 1 is 1.00 bits per heavy atom. The smallest absolute Gasteiger partial charge is 0.268 e. The van der Waals surface area contributed by atoms with Gasteiger partial charge in [0.25, 0.3) is 11.8 Å². The van der Waals surface area contributed by atoms with Crippen molar-refractivity contribution in [2.45, 2.75) is 6.54 Å². The fourth-order valence-electron chi connectivity index (χ4n) is 2.48. The van der Waals surface area contributed by atoms with E-state index in [4.69, 9.17) is 4.74 Å². The van der Waals surface area contributed by atoms with Crippen LogP contribution in [0.2, 0.25) is 0 Å². The molecule has 0 fully saturated rings. The predicted octanol–water partition coefficient (Wildman–Crippen LogP) is 3.84. The Labute approximate surface area is 167 Å². The summed E-state index contributed by atoms with van der Waals surface area (Å²) in [6.45, 7) is 0.339. The molecule has 0 saturated carbocycles. The highest BCUT2D eigenvalue weighted by molar-refractivity contribution is 7.10. The molecule has 1 heterocycles. The number of thiophene rings is 1. The second-order valence-electron chi connectivity index (χ2n) is 5.92. The lowest BCUT2D eigenvalue weighted by Crippen LogP contribution is -2.34. The number of hydrogen-bond donors (Lipinski definition) is 2. The van der Waals surface area contributed by atoms with Crippen molar-refractivity contribution < 1.29 is 14.3 Å². The number of rotatable bonds is 7. The van der Waals surface area contributed by atoms with E-state index in [1.165, 1.54) is 11.3 Å². The van der Waals surface area contributed by atoms with Gasteiger partial charge in [-0.1, -0.05) is 36.4 Å². The van der Waals surface area contributed by atoms with Gasteiger partial charge in [0.15, 0.2) is 0 Å². The van der Waals surface area contributed by atoms with Crippen molar-refractivity contribution in [1.82, 2.24) is 10.6 Å². The molecule has 142 valence electrons. The van der Waals surface area contributed by atoms with Crippen molar-refractivity contribution in [3.05, 3.63) is 93.8 Å². The van der Waals surface area contributed by atoms with Gasteiger partial charge in [0.2, 0.25) is 0 Å². The van der Waals surface area contributed by atoms with Gasteiger partial charge in [0.05, 0.1) is 7.11 Å². The molecule has 0 atom stereocenters. The molecule has 0 unspecified atom stereocenters. The monoisotopic (exact) mass is 392 g/mol. The lowest BCUT2D eigenvalue weighted by atomic mass is 10.2. The molecule has 0 radical (unpaired) electrons. The number of ether oxygens (including phenoxy) is 1. The molecule has 2 N–H and O–H groups in total. The molecule has 0 aliphatic rings. The summed E-state index contributed by atoms with van der Waals surface area (Å²) in [7, 11) is 1.61. The largest absolute Gasteiger partial charge is 0.497 e. The summed E-state index contributed by atoms with van der Waals surface area (Å²) >= 11 is 1.49. The molecular weight excluding hydrogens is 372 g/mol. The Balaban J connectivity index is 1.72. The molecule has 0 saturated heterocycles. The number of amides is 2. The van der Waals surface area contributed by atoms with E-state index in [0.717, 1.165) is 16.2 Å². The number of carbonyl (C=O) groups excluding carboxylic acids is 2. The van der Waals surface area contributed by atoms with Crippen molar-refractivity contribution in [2.75, 3.05) is 7.11 Å². The molecular formula is C22H20N2O3S. The highest BCUT2D eigenvalue weighted by atomic mass is 32.1. The molecule has 0 aliphatic heterocycles. The number of hydrogen-bond acceptors (Lipinski definition) is 4. The maximum Gasteiger partial charge on any atom is 0.268 e. The van der Waals surface area contributed by atoms with Gasteiger partial charge in [0, 0.05) is 17.0 Å². The van der Waals surface area contributed by atoms with Gasteiger partial charge >= 0.3 is 0 Å². The van der Waals surface area contributed by atoms with E-state index >= 15 is 0 Å². The zero-order valence-corrected chi connectivity index (χ0v) is 16.2. The van der Waals surface area contributed by atoms with Crippen LogP contribution in [0.5, 0.6) is 5.75 Å². The van der Waals surface area contributed by atoms with Crippen LogP contribution in [0.3, 0.4) is 0 Å². The molecule has 1 aromatic heterocycles. The van der Waals surface area contributed by atoms with E-state index in [0.29, 0.717) is 12.1 Å². The number of methoxy groups -OCH3 is 1. The minimum atomic E-state index is -0.353. The molecule has 3 aromatic rings. The Kier molecular flexibility index (Phi) is 6.59. The minimum absolute atomic E-state index is 0.199. The number of nitrogens with one attached hydrogen (secondary N) is 2. The average molecular weight is 392 g/mol. The summed E-state index contributed by atoms with van der Waals surface area (Å²) in [5, 5.41) is 7.48. The van der Waals surface area contributed by atoms with Crippen molar-refractivity contribution >= 4 is 29.2 Å². The summed E-state index contributed by atoms with van der Waals surface area (Å²) in [4.78, 5) is 26.1. The van der Waals surface area contributed by atoms with Gasteiger partial charge in [-0.3, -0.25) is 9.59 Å². The summed E-state index contributed by atoms with van der Waals surface area (Å²) in [5.74, 6) is 0.0694. The molecule has 2 aromatic carbocycles. The molecule has 0 spiro atoms. The third kappa shape index (κ3) is 5.31. The first kappa shape index (κ1) is 19.4. The number of benzene rings is 2. The second kappa shape index (κ2) is 9.53. The van der Waals surface area contributed by atoms with Crippen LogP contribution in [0.25, 0.3) is 6.08 Å². The highest BCUT2D eigenvalue weighted by Gasteiger charge is 2.14. The van der Waals surface area contributed by atoms with Gasteiger partial charge in [-0.2, -0.15) is 0 Å². The predicted molar refractivity (Wildman–Crippen MR) is 111 cm³/mol. The Morgan fingerprint density at radius 3 is 2.39 bits per heavy atom. The fourth-order valence-corrected chi connectivity index (χ4v) is 3.14. The summed E-state index contributed by atoms with van der Waals surface area (Å²) < 4.78 is 5.13. The molecule has 6 heteroatoms. The van der Waals surface area contributed by atoms with Crippen LogP contribution >= 0.6 is 11.3 Å². The standard InChI is InChI=1S/C22H20N2O3S/c1-27-18-11-9-16(10-12-18)15-23-22(26)20(14-19-8-5-13-28-19)24-21(25)17-6-3-2-4-7-17/h2-14H,15H2,1H3,(H,23,26)(H,24,25)/b20-14-. The zero-order chi connectivity index (χ0) is 19.8. The van der Waals surface area contributed by atoms with Crippen molar-refractivity contribution in [3.63, 3.8) is 0 Å². The quantitative estimate of drug-likeness (QED) is 0.600. The average Bonchev–Trinajstić information content (AvgIpc) is 3.25. The second-order valence-corrected chi connectivity index (χ2v) is 6.90. The first-order chi connectivity index (χ1) is 13.7. The molecule has 0 bridgehead atoms. The Morgan fingerprint density at radius 2 is 1.75 bits per heavy atom. The molecule has 0 aliphatic carbocycles. The fraction of sp³-hybridized carbons (Fsp3) is 0.0909. The third-order valence-corrected chi connectivity index (χ3v) is 4.79. The van der Waals surface area contributed by atoms with Crippen LogP contribution in [-0.4, -0.2) is 18.9 Å². The van der Waals surface area contributed by atoms with Gasteiger partial charge < -0.3 is 15.4 Å². The molecule has 5 nitrogen and oxygen atoms in total. The van der Waals surface area contributed by atoms with Gasteiger partial charge in [-0.15, -0.1) is 11.3 Å². The summed E-state index contributed by atoms with van der Waals surface area (Å²) in [6, 6.07) is 20.0. The van der Waals surface area contributed by atoms with Crippen LogP contribution in [0.15, 0.2) is 77.8 Å². The van der Waals surface area contributed by atoms with Gasteiger partial charge in [-0.25, -0.2) is 0 Å². The molecule has 3 rings (SSSR count). The van der Waals surface area contributed by atoms with Gasteiger partial charge in [-0.05, 0) is 47.4 Å². The van der Waals surface area contributed by atoms with Crippen LogP contribution < -0.4 is 15.4 Å². The Hall–Kier alpha value is -3.38. The maximum atomic E-state index is 12.7. The summed E-state index contributed by atoms with van der Waals surface area (Å²) in [5.41, 5.74) is 1.62. The van der Waals surface area contributed by atoms with Crippen LogP contribution in [0.4, 0.5) is 0 Å². The van der Waals surface area contributed by atoms with E-state index < -0.39 is 0 Å². The first-order valence-corrected chi connectivity index (χ1v) is 9.56. The summed E-state index contributed by atoms with van der Waals surface area (Å²) in [6.07, 6.45) is 1.68. The third-order valence-electron chi connectivity index (χ3n) is 3.97. The first-order valence-electron chi connectivity index (χ1n) is 8.68. The zero-order valence-electron chi connectivity index (χ0n) is 15.3. The highest BCUT2D eigenvalue weighted by Crippen LogP contribution is 2.14. The van der Waals surface area contributed by atoms with Crippen molar-refractivity contribution in [1.29, 1.82) is 0 Å². The van der Waals surface area contributed by atoms with Crippen molar-refractivity contribution in [3.8, 4) is 5.75 Å². The Bertz CT molecular complexity index is 949. The lowest BCUT2D eigenvalue weighted by Gasteiger charge is -2.11. The van der Waals surface area contributed by atoms with Crippen LogP contribution in [0.1, 0.15) is 20.8 Å². The van der Waals surface area contributed by atoms with Crippen LogP contribution in [-0.2, 0) is 11.3 Å². The molecule has 2 amide bonds. The van der Waals surface area contributed by atoms with Crippen LogP contribution in [0, 0.1) is 0 Å². The number of carbonyl (C=O) groups is 2. The van der Waals surface area contributed by atoms with E-state index in [-0.39, 0.29) is 17.5 Å². The van der Waals surface area contributed by atoms with E-state index in [9.17, 15) is 9.59 Å². The van der Waals surface area contributed by atoms with E-state index in [1.54, 1.807) is 37.5 Å². The van der Waals surface area contributed by atoms with Gasteiger partial charge in [0.1, 0.15) is 11.4 Å². The maximum absolute atomic E-state index is 12.7. The minimum Gasteiger partial charge on any atom is -0.497 e. The topological polar surface area (TPSA) is 67.4 Å². The molecule has 28 heavy (non-hydrogen) atoms.